The molecule has 0 aliphatic carbocycles. The molecule has 0 atom stereocenters. The summed E-state index contributed by atoms with van der Waals surface area (Å²) in [5.74, 6) is 0.948. The van der Waals surface area contributed by atoms with Gasteiger partial charge in [-0.15, -0.1) is 0 Å². The molecule has 0 saturated carbocycles. The van der Waals surface area contributed by atoms with Gasteiger partial charge in [0.2, 0.25) is 0 Å². The van der Waals surface area contributed by atoms with E-state index < -0.39 is 0 Å². The lowest BCUT2D eigenvalue weighted by Gasteiger charge is -2.32. The van der Waals surface area contributed by atoms with Gasteiger partial charge in [0.25, 0.3) is 5.91 Å². The van der Waals surface area contributed by atoms with Gasteiger partial charge in [0, 0.05) is 25.3 Å². The molecule has 0 spiro atoms. The fourth-order valence-corrected chi connectivity index (χ4v) is 3.10. The summed E-state index contributed by atoms with van der Waals surface area (Å²) in [6, 6.07) is 3.36. The first-order chi connectivity index (χ1) is 11.6. The molecule has 1 aliphatic rings. The molecule has 1 heterocycles. The van der Waals surface area contributed by atoms with E-state index in [1.165, 1.54) is 0 Å². The average Bonchev–Trinajstić information content (AvgIpc) is 2.60. The molecular formula is C18H26ClNO4. The first kappa shape index (κ1) is 18.9. The number of carbonyl (C=O) groups is 1. The monoisotopic (exact) mass is 355 g/mol. The molecule has 6 heteroatoms. The van der Waals surface area contributed by atoms with Crippen LogP contribution in [0.15, 0.2) is 12.1 Å². The van der Waals surface area contributed by atoms with Crippen LogP contribution in [0.3, 0.4) is 0 Å². The third-order valence-electron chi connectivity index (χ3n) is 4.06. The summed E-state index contributed by atoms with van der Waals surface area (Å²) in [5.41, 5.74) is 0.524. The molecular weight excluding hydrogens is 330 g/mol. The minimum atomic E-state index is -0.0350. The molecule has 5 nitrogen and oxygen atoms in total. The highest BCUT2D eigenvalue weighted by molar-refractivity contribution is 6.32. The van der Waals surface area contributed by atoms with E-state index in [2.05, 4.69) is 0 Å². The molecule has 1 aromatic carbocycles. The predicted octanol–water partition coefficient (Wildman–Crippen LogP) is 3.78. The molecule has 1 amide bonds. The molecule has 134 valence electrons. The lowest BCUT2D eigenvalue weighted by Crippen LogP contribution is -2.40. The molecule has 1 aliphatic heterocycles. The van der Waals surface area contributed by atoms with Gasteiger partial charge in [-0.25, -0.2) is 0 Å². The number of rotatable bonds is 7. The summed E-state index contributed by atoms with van der Waals surface area (Å²) in [7, 11) is 1.55. The zero-order valence-corrected chi connectivity index (χ0v) is 15.4. The van der Waals surface area contributed by atoms with Crippen LogP contribution >= 0.6 is 11.6 Å². The molecule has 0 N–H and O–H groups in total. The van der Waals surface area contributed by atoms with Gasteiger partial charge in [0.15, 0.2) is 11.5 Å². The number of hydrogen-bond acceptors (Lipinski definition) is 4. The van der Waals surface area contributed by atoms with Gasteiger partial charge in [0.1, 0.15) is 0 Å². The van der Waals surface area contributed by atoms with E-state index in [1.807, 2.05) is 18.7 Å². The Morgan fingerprint density at radius 1 is 1.29 bits per heavy atom. The average molecular weight is 356 g/mol. The zero-order chi connectivity index (χ0) is 17.5. The number of methoxy groups -OCH3 is 1. The second kappa shape index (κ2) is 9.14. The van der Waals surface area contributed by atoms with Crippen molar-refractivity contribution in [2.75, 3.05) is 33.4 Å². The van der Waals surface area contributed by atoms with E-state index in [-0.39, 0.29) is 12.0 Å². The molecule has 1 saturated heterocycles. The number of hydrogen-bond donors (Lipinski definition) is 0. The van der Waals surface area contributed by atoms with Crippen LogP contribution in [-0.2, 0) is 4.74 Å². The van der Waals surface area contributed by atoms with Crippen LogP contribution in [0.1, 0.15) is 43.5 Å². The first-order valence-electron chi connectivity index (χ1n) is 8.51. The number of piperidine rings is 1. The summed E-state index contributed by atoms with van der Waals surface area (Å²) in [6.45, 7) is 6.66. The number of benzene rings is 1. The highest BCUT2D eigenvalue weighted by Crippen LogP contribution is 2.37. The maximum Gasteiger partial charge on any atom is 0.254 e. The molecule has 2 rings (SSSR count). The van der Waals surface area contributed by atoms with E-state index >= 15 is 0 Å². The van der Waals surface area contributed by atoms with Gasteiger partial charge >= 0.3 is 0 Å². The Balaban J connectivity index is 2.11. The molecule has 0 unspecified atom stereocenters. The van der Waals surface area contributed by atoms with Crippen LogP contribution in [0.25, 0.3) is 0 Å². The SMILES string of the molecule is CCCOc1c(Cl)cc(C(=O)N2CCC(OCC)CC2)cc1OC. The minimum absolute atomic E-state index is 0.0350. The highest BCUT2D eigenvalue weighted by atomic mass is 35.5. The second-order valence-electron chi connectivity index (χ2n) is 5.78. The predicted molar refractivity (Wildman–Crippen MR) is 94.3 cm³/mol. The van der Waals surface area contributed by atoms with Gasteiger partial charge in [-0.05, 0) is 38.3 Å². The highest BCUT2D eigenvalue weighted by Gasteiger charge is 2.25. The Morgan fingerprint density at radius 3 is 2.58 bits per heavy atom. The van der Waals surface area contributed by atoms with Gasteiger partial charge < -0.3 is 19.1 Å². The Morgan fingerprint density at radius 2 is 2.00 bits per heavy atom. The van der Waals surface area contributed by atoms with Crippen LogP contribution in [-0.4, -0.2) is 50.3 Å². The smallest absolute Gasteiger partial charge is 0.254 e. The Bertz CT molecular complexity index is 556. The van der Waals surface area contributed by atoms with Crippen LogP contribution in [0, 0.1) is 0 Å². The van der Waals surface area contributed by atoms with E-state index in [4.69, 9.17) is 25.8 Å². The zero-order valence-electron chi connectivity index (χ0n) is 14.6. The van der Waals surface area contributed by atoms with Crippen LogP contribution < -0.4 is 9.47 Å². The summed E-state index contributed by atoms with van der Waals surface area (Å²) in [6.07, 6.45) is 2.85. The Labute approximate surface area is 148 Å². The van der Waals surface area contributed by atoms with Crippen molar-refractivity contribution >= 4 is 17.5 Å². The van der Waals surface area contributed by atoms with E-state index in [0.717, 1.165) is 19.3 Å². The van der Waals surface area contributed by atoms with Crippen LogP contribution in [0.4, 0.5) is 0 Å². The summed E-state index contributed by atoms with van der Waals surface area (Å²) >= 11 is 6.30. The standard InChI is InChI=1S/C18H26ClNO4/c1-4-10-24-17-15(19)11-13(12-16(17)22-3)18(21)20-8-6-14(7-9-20)23-5-2/h11-12,14H,4-10H2,1-3H3. The quantitative estimate of drug-likeness (QED) is 0.746. The van der Waals surface area contributed by atoms with E-state index in [9.17, 15) is 4.79 Å². The molecule has 1 aromatic rings. The third-order valence-corrected chi connectivity index (χ3v) is 4.34. The van der Waals surface area contributed by atoms with Crippen molar-refractivity contribution in [1.82, 2.24) is 4.90 Å². The maximum absolute atomic E-state index is 12.7. The maximum atomic E-state index is 12.7. The van der Waals surface area contributed by atoms with Crippen molar-refractivity contribution in [3.05, 3.63) is 22.7 Å². The van der Waals surface area contributed by atoms with Crippen molar-refractivity contribution in [2.45, 2.75) is 39.2 Å². The number of likely N-dealkylation sites (tertiary alicyclic amines) is 1. The van der Waals surface area contributed by atoms with Gasteiger partial charge in [-0.3, -0.25) is 4.79 Å². The topological polar surface area (TPSA) is 48.0 Å². The van der Waals surface area contributed by atoms with Crippen molar-refractivity contribution in [3.8, 4) is 11.5 Å². The lowest BCUT2D eigenvalue weighted by molar-refractivity contribution is 0.0146. The molecule has 24 heavy (non-hydrogen) atoms. The Hall–Kier alpha value is -1.46. The van der Waals surface area contributed by atoms with Crippen molar-refractivity contribution in [2.24, 2.45) is 0 Å². The number of halogens is 1. The lowest BCUT2D eigenvalue weighted by atomic mass is 10.1. The van der Waals surface area contributed by atoms with Crippen molar-refractivity contribution in [3.63, 3.8) is 0 Å². The van der Waals surface area contributed by atoms with Gasteiger partial charge in [0.05, 0.1) is 24.8 Å². The largest absolute Gasteiger partial charge is 0.493 e. The molecule has 0 bridgehead atoms. The normalized spacial score (nSPS) is 15.4. The summed E-state index contributed by atoms with van der Waals surface area (Å²) < 4.78 is 16.6. The third kappa shape index (κ3) is 4.54. The van der Waals surface area contributed by atoms with E-state index in [1.54, 1.807) is 19.2 Å². The molecule has 0 aromatic heterocycles. The fraction of sp³-hybridized carbons (Fsp3) is 0.611. The number of nitrogens with zero attached hydrogens (tertiary/aromatic N) is 1. The minimum Gasteiger partial charge on any atom is -0.493 e. The summed E-state index contributed by atoms with van der Waals surface area (Å²) in [5, 5.41) is 0.398. The number of carbonyl (C=O) groups excluding carboxylic acids is 1. The van der Waals surface area contributed by atoms with Gasteiger partial charge in [-0.1, -0.05) is 18.5 Å². The number of ether oxygens (including phenoxy) is 3. The van der Waals surface area contributed by atoms with Crippen molar-refractivity contribution in [1.29, 1.82) is 0 Å². The fourth-order valence-electron chi connectivity index (χ4n) is 2.83. The van der Waals surface area contributed by atoms with Crippen LogP contribution in [0.2, 0.25) is 5.02 Å². The van der Waals surface area contributed by atoms with Crippen LogP contribution in [0.5, 0.6) is 11.5 Å². The van der Waals surface area contributed by atoms with Crippen molar-refractivity contribution < 1.29 is 19.0 Å². The first-order valence-corrected chi connectivity index (χ1v) is 8.89. The summed E-state index contributed by atoms with van der Waals surface area (Å²) in [4.78, 5) is 14.6. The second-order valence-corrected chi connectivity index (χ2v) is 6.19. The van der Waals surface area contributed by atoms with E-state index in [0.29, 0.717) is 48.4 Å². The molecule has 1 fully saturated rings. The van der Waals surface area contributed by atoms with Gasteiger partial charge in [-0.2, -0.15) is 0 Å². The number of amides is 1. The molecule has 0 radical (unpaired) electrons. The Kier molecular flexibility index (Phi) is 7.18.